The van der Waals surface area contributed by atoms with E-state index in [0.29, 0.717) is 22.8 Å². The third-order valence-electron chi connectivity index (χ3n) is 3.90. The standard InChI is InChI=1S/C16H17N7OS2/c1-2-23-13(11-4-3-7-17-8-11)19-22-16(23)25-9-12(24)18-15-21-20-14(26-15)10-5-6-10/h3-4,7-8,10H,2,5-6,9H2,1H3,(H,18,21,24). The van der Waals surface area contributed by atoms with Crippen molar-refractivity contribution in [3.05, 3.63) is 29.5 Å². The van der Waals surface area contributed by atoms with E-state index in [1.807, 2.05) is 23.6 Å². The number of thioether (sulfide) groups is 1. The van der Waals surface area contributed by atoms with Crippen LogP contribution in [0.1, 0.15) is 30.7 Å². The lowest BCUT2D eigenvalue weighted by Gasteiger charge is -2.06. The highest BCUT2D eigenvalue weighted by molar-refractivity contribution is 7.99. The van der Waals surface area contributed by atoms with Crippen molar-refractivity contribution in [3.8, 4) is 11.4 Å². The van der Waals surface area contributed by atoms with Gasteiger partial charge >= 0.3 is 0 Å². The number of nitrogens with zero attached hydrogens (tertiary/aromatic N) is 6. The molecule has 3 aromatic heterocycles. The van der Waals surface area contributed by atoms with Crippen molar-refractivity contribution < 1.29 is 4.79 Å². The lowest BCUT2D eigenvalue weighted by molar-refractivity contribution is -0.113. The van der Waals surface area contributed by atoms with Crippen molar-refractivity contribution >= 4 is 34.1 Å². The van der Waals surface area contributed by atoms with E-state index in [4.69, 9.17) is 0 Å². The van der Waals surface area contributed by atoms with Gasteiger partial charge in [0.25, 0.3) is 0 Å². The average molecular weight is 387 g/mol. The molecule has 26 heavy (non-hydrogen) atoms. The SMILES string of the molecule is CCn1c(SCC(=O)Nc2nnc(C3CC3)s2)nnc1-c1cccnc1. The molecule has 4 rings (SSSR count). The molecule has 0 saturated heterocycles. The summed E-state index contributed by atoms with van der Waals surface area (Å²) < 4.78 is 1.98. The van der Waals surface area contributed by atoms with Crippen LogP contribution < -0.4 is 5.32 Å². The minimum absolute atomic E-state index is 0.123. The summed E-state index contributed by atoms with van der Waals surface area (Å²) in [6.45, 7) is 2.73. The van der Waals surface area contributed by atoms with Crippen molar-refractivity contribution in [3.63, 3.8) is 0 Å². The number of carbonyl (C=O) groups excluding carboxylic acids is 1. The number of hydrogen-bond donors (Lipinski definition) is 1. The Labute approximate surface area is 158 Å². The van der Waals surface area contributed by atoms with E-state index in [0.717, 1.165) is 16.4 Å². The van der Waals surface area contributed by atoms with Gasteiger partial charge in [-0.15, -0.1) is 20.4 Å². The van der Waals surface area contributed by atoms with Crippen LogP contribution >= 0.6 is 23.1 Å². The Balaban J connectivity index is 1.39. The molecular formula is C16H17N7OS2. The molecule has 0 aliphatic heterocycles. The number of amides is 1. The predicted octanol–water partition coefficient (Wildman–Crippen LogP) is 2.82. The molecule has 1 saturated carbocycles. The van der Waals surface area contributed by atoms with E-state index >= 15 is 0 Å². The maximum atomic E-state index is 12.2. The van der Waals surface area contributed by atoms with Crippen LogP contribution in [0, 0.1) is 0 Å². The van der Waals surface area contributed by atoms with Crippen molar-refractivity contribution in [2.75, 3.05) is 11.1 Å². The highest BCUT2D eigenvalue weighted by atomic mass is 32.2. The Morgan fingerprint density at radius 3 is 2.96 bits per heavy atom. The van der Waals surface area contributed by atoms with Gasteiger partial charge in [0, 0.05) is 30.4 Å². The fourth-order valence-corrected chi connectivity index (χ4v) is 4.19. The van der Waals surface area contributed by atoms with Crippen molar-refractivity contribution in [1.82, 2.24) is 29.9 Å². The third kappa shape index (κ3) is 3.75. The molecule has 8 nitrogen and oxygen atoms in total. The number of pyridine rings is 1. The van der Waals surface area contributed by atoms with Gasteiger partial charge in [0.05, 0.1) is 5.75 Å². The maximum absolute atomic E-state index is 12.2. The van der Waals surface area contributed by atoms with Crippen LogP contribution in [0.25, 0.3) is 11.4 Å². The number of rotatable bonds is 7. The lowest BCUT2D eigenvalue weighted by Crippen LogP contribution is -2.14. The van der Waals surface area contributed by atoms with Gasteiger partial charge in [-0.05, 0) is 31.9 Å². The average Bonchev–Trinajstić information content (AvgIpc) is 3.27. The molecule has 0 spiro atoms. The van der Waals surface area contributed by atoms with E-state index in [-0.39, 0.29) is 11.7 Å². The van der Waals surface area contributed by atoms with Crippen molar-refractivity contribution in [1.29, 1.82) is 0 Å². The smallest absolute Gasteiger partial charge is 0.236 e. The van der Waals surface area contributed by atoms with E-state index in [2.05, 4.69) is 30.7 Å². The third-order valence-corrected chi connectivity index (χ3v) is 5.87. The number of nitrogens with one attached hydrogen (secondary N) is 1. The van der Waals surface area contributed by atoms with Gasteiger partial charge in [0.2, 0.25) is 11.0 Å². The molecule has 0 atom stereocenters. The van der Waals surface area contributed by atoms with Crippen LogP contribution in [-0.2, 0) is 11.3 Å². The predicted molar refractivity (Wildman–Crippen MR) is 100 cm³/mol. The van der Waals surface area contributed by atoms with Gasteiger partial charge in [0.1, 0.15) is 5.01 Å². The zero-order valence-corrected chi connectivity index (χ0v) is 15.8. The lowest BCUT2D eigenvalue weighted by atomic mass is 10.3. The summed E-state index contributed by atoms with van der Waals surface area (Å²) in [6.07, 6.45) is 5.82. The summed E-state index contributed by atoms with van der Waals surface area (Å²) in [5.74, 6) is 1.41. The second-order valence-corrected chi connectivity index (χ2v) is 7.80. The van der Waals surface area contributed by atoms with Gasteiger partial charge < -0.3 is 4.57 Å². The van der Waals surface area contributed by atoms with E-state index in [1.54, 1.807) is 12.4 Å². The van der Waals surface area contributed by atoms with Crippen LogP contribution in [0.4, 0.5) is 5.13 Å². The number of aromatic nitrogens is 6. The van der Waals surface area contributed by atoms with Gasteiger partial charge in [-0.1, -0.05) is 23.1 Å². The van der Waals surface area contributed by atoms with Crippen LogP contribution in [0.15, 0.2) is 29.7 Å². The monoisotopic (exact) mass is 387 g/mol. The fourth-order valence-electron chi connectivity index (χ4n) is 2.45. The van der Waals surface area contributed by atoms with Gasteiger partial charge in [-0.3, -0.25) is 15.1 Å². The molecule has 3 heterocycles. The van der Waals surface area contributed by atoms with E-state index in [9.17, 15) is 4.79 Å². The quantitative estimate of drug-likeness (QED) is 0.622. The minimum Gasteiger partial charge on any atom is -0.302 e. The maximum Gasteiger partial charge on any atom is 0.236 e. The largest absolute Gasteiger partial charge is 0.302 e. The Morgan fingerprint density at radius 1 is 1.35 bits per heavy atom. The number of carbonyl (C=O) groups is 1. The first-order valence-electron chi connectivity index (χ1n) is 8.34. The van der Waals surface area contributed by atoms with Crippen LogP contribution in [-0.4, -0.2) is 41.6 Å². The summed E-state index contributed by atoms with van der Waals surface area (Å²) in [4.78, 5) is 16.3. The molecule has 10 heteroatoms. The summed E-state index contributed by atoms with van der Waals surface area (Å²) in [7, 11) is 0. The summed E-state index contributed by atoms with van der Waals surface area (Å²) in [5.41, 5.74) is 0.902. The molecule has 134 valence electrons. The second kappa shape index (κ2) is 7.50. The highest BCUT2D eigenvalue weighted by Gasteiger charge is 2.27. The van der Waals surface area contributed by atoms with Crippen molar-refractivity contribution in [2.24, 2.45) is 0 Å². The summed E-state index contributed by atoms with van der Waals surface area (Å²) in [6, 6.07) is 3.81. The highest BCUT2D eigenvalue weighted by Crippen LogP contribution is 2.42. The van der Waals surface area contributed by atoms with Crippen molar-refractivity contribution in [2.45, 2.75) is 37.4 Å². The van der Waals surface area contributed by atoms with Crippen LogP contribution in [0.3, 0.4) is 0 Å². The molecule has 1 aliphatic rings. The topological polar surface area (TPSA) is 98.5 Å². The molecule has 0 unspecified atom stereocenters. The van der Waals surface area contributed by atoms with Crippen LogP contribution in [0.5, 0.6) is 0 Å². The van der Waals surface area contributed by atoms with E-state index in [1.165, 1.54) is 35.9 Å². The van der Waals surface area contributed by atoms with Crippen LogP contribution in [0.2, 0.25) is 0 Å². The molecule has 0 radical (unpaired) electrons. The first kappa shape index (κ1) is 17.1. The normalized spacial score (nSPS) is 13.7. The first-order valence-corrected chi connectivity index (χ1v) is 10.1. The second-order valence-electron chi connectivity index (χ2n) is 5.85. The number of anilines is 1. The molecule has 1 amide bonds. The zero-order chi connectivity index (χ0) is 17.9. The Morgan fingerprint density at radius 2 is 2.23 bits per heavy atom. The number of hydrogen-bond acceptors (Lipinski definition) is 8. The Kier molecular flexibility index (Phi) is 4.93. The molecule has 0 aromatic carbocycles. The van der Waals surface area contributed by atoms with E-state index < -0.39 is 0 Å². The molecule has 1 fully saturated rings. The van der Waals surface area contributed by atoms with Gasteiger partial charge in [-0.25, -0.2) is 0 Å². The van der Waals surface area contributed by atoms with Gasteiger partial charge in [-0.2, -0.15) is 0 Å². The molecule has 3 aromatic rings. The summed E-state index contributed by atoms with van der Waals surface area (Å²) >= 11 is 2.81. The Bertz CT molecular complexity index is 904. The Hall–Kier alpha value is -2.33. The molecule has 0 bridgehead atoms. The molecule has 1 N–H and O–H groups in total. The summed E-state index contributed by atoms with van der Waals surface area (Å²) in [5, 5.41) is 21.7. The first-order chi connectivity index (χ1) is 12.7. The molecule has 1 aliphatic carbocycles. The fraction of sp³-hybridized carbons (Fsp3) is 0.375. The minimum atomic E-state index is -0.123. The molecular weight excluding hydrogens is 370 g/mol. The van der Waals surface area contributed by atoms with Gasteiger partial charge in [0.15, 0.2) is 11.0 Å². The zero-order valence-electron chi connectivity index (χ0n) is 14.1.